The predicted octanol–water partition coefficient (Wildman–Crippen LogP) is 3.43. The molecule has 9 heteroatoms. The van der Waals surface area contributed by atoms with E-state index in [0.717, 1.165) is 12.8 Å². The molecule has 31 heavy (non-hydrogen) atoms. The fraction of sp³-hybridized carbons (Fsp3) is 0.409. The lowest BCUT2D eigenvalue weighted by molar-refractivity contribution is 0.0945. The van der Waals surface area contributed by atoms with Crippen molar-refractivity contribution in [3.05, 3.63) is 48.0 Å². The molecule has 1 amide bonds. The van der Waals surface area contributed by atoms with Crippen LogP contribution in [0, 0.1) is 0 Å². The summed E-state index contributed by atoms with van der Waals surface area (Å²) in [6.45, 7) is 3.73. The molecule has 0 bridgehead atoms. The average Bonchev–Trinajstić information content (AvgIpc) is 3.03. The third-order valence-electron chi connectivity index (χ3n) is 4.71. The minimum absolute atomic E-state index is 0.0381. The molecule has 168 valence electrons. The monoisotopic (exact) mass is 448 g/mol. The van der Waals surface area contributed by atoms with Gasteiger partial charge in [-0.25, -0.2) is 8.42 Å². The largest absolute Gasteiger partial charge is 0.494 e. The number of carbonyl (C=O) groups is 1. The fourth-order valence-electron chi connectivity index (χ4n) is 2.98. The van der Waals surface area contributed by atoms with E-state index < -0.39 is 15.9 Å². The van der Waals surface area contributed by atoms with E-state index >= 15 is 0 Å². The minimum atomic E-state index is -3.98. The summed E-state index contributed by atoms with van der Waals surface area (Å²) in [6.07, 6.45) is 5.18. The van der Waals surface area contributed by atoms with Crippen molar-refractivity contribution in [1.29, 1.82) is 0 Å². The Morgan fingerprint density at radius 3 is 2.48 bits per heavy atom. The van der Waals surface area contributed by atoms with Crippen LogP contribution in [0.3, 0.4) is 0 Å². The topological polar surface area (TPSA) is 103 Å². The number of fused-ring (bicyclic) bond motifs is 1. The Morgan fingerprint density at radius 1 is 1.00 bits per heavy atom. The van der Waals surface area contributed by atoms with Crippen molar-refractivity contribution in [2.24, 2.45) is 0 Å². The second kappa shape index (κ2) is 11.0. The number of amides is 1. The first kappa shape index (κ1) is 22.9. The molecule has 0 aromatic heterocycles. The molecule has 2 aromatic carbocycles. The third kappa shape index (κ3) is 6.60. The van der Waals surface area contributed by atoms with Crippen LogP contribution < -0.4 is 24.5 Å². The summed E-state index contributed by atoms with van der Waals surface area (Å²) in [5, 5.41) is 0. The van der Waals surface area contributed by atoms with Crippen LogP contribution in [0.25, 0.3) is 0 Å². The Labute approximate surface area is 182 Å². The zero-order valence-electron chi connectivity index (χ0n) is 17.6. The first-order valence-corrected chi connectivity index (χ1v) is 11.9. The molecule has 1 aliphatic heterocycles. The van der Waals surface area contributed by atoms with Gasteiger partial charge < -0.3 is 14.2 Å². The van der Waals surface area contributed by atoms with Gasteiger partial charge in [-0.2, -0.15) is 0 Å². The number of benzene rings is 2. The second-order valence-electron chi connectivity index (χ2n) is 7.15. The summed E-state index contributed by atoms with van der Waals surface area (Å²) < 4.78 is 41.8. The van der Waals surface area contributed by atoms with Crippen molar-refractivity contribution in [2.75, 3.05) is 19.8 Å². The molecule has 2 N–H and O–H groups in total. The zero-order valence-corrected chi connectivity index (χ0v) is 18.4. The van der Waals surface area contributed by atoms with Gasteiger partial charge in [0.2, 0.25) is 0 Å². The molecule has 0 saturated heterocycles. The number of hydrogen-bond acceptors (Lipinski definition) is 6. The molecule has 0 aliphatic carbocycles. The molecule has 1 heterocycles. The molecular formula is C22H28N2O6S. The van der Waals surface area contributed by atoms with E-state index in [1.54, 1.807) is 24.3 Å². The Bertz CT molecular complexity index is 976. The number of hydrogen-bond donors (Lipinski definition) is 2. The molecule has 2 aromatic rings. The maximum absolute atomic E-state index is 12.5. The Morgan fingerprint density at radius 2 is 1.74 bits per heavy atom. The summed E-state index contributed by atoms with van der Waals surface area (Å²) >= 11 is 0. The minimum Gasteiger partial charge on any atom is -0.494 e. The van der Waals surface area contributed by atoms with Gasteiger partial charge in [0.1, 0.15) is 5.75 Å². The van der Waals surface area contributed by atoms with E-state index in [-0.39, 0.29) is 4.90 Å². The van der Waals surface area contributed by atoms with Crippen LogP contribution in [0.2, 0.25) is 0 Å². The normalized spacial score (nSPS) is 13.3. The molecule has 0 spiro atoms. The highest BCUT2D eigenvalue weighted by Crippen LogP contribution is 2.31. The van der Waals surface area contributed by atoms with Gasteiger partial charge in [-0.1, -0.05) is 26.2 Å². The lowest BCUT2D eigenvalue weighted by Gasteiger charge is -2.12. The first-order chi connectivity index (χ1) is 15.0. The number of carbonyl (C=O) groups excluding carboxylic acids is 1. The molecule has 0 saturated carbocycles. The smallest absolute Gasteiger partial charge is 0.266 e. The SMILES string of the molecule is CCCCCCOc1ccc(C(=O)NNS(=O)(=O)c2ccc3c(c2)OCCCO3)cc1. The van der Waals surface area contributed by atoms with Crippen LogP contribution in [0.4, 0.5) is 0 Å². The van der Waals surface area contributed by atoms with Crippen molar-refractivity contribution in [1.82, 2.24) is 10.3 Å². The molecular weight excluding hydrogens is 420 g/mol. The van der Waals surface area contributed by atoms with E-state index in [9.17, 15) is 13.2 Å². The van der Waals surface area contributed by atoms with Gasteiger partial charge >= 0.3 is 0 Å². The predicted molar refractivity (Wildman–Crippen MR) is 116 cm³/mol. The van der Waals surface area contributed by atoms with Crippen molar-refractivity contribution in [3.8, 4) is 17.2 Å². The fourth-order valence-corrected chi connectivity index (χ4v) is 3.83. The van der Waals surface area contributed by atoms with Crippen molar-refractivity contribution in [3.63, 3.8) is 0 Å². The van der Waals surface area contributed by atoms with Gasteiger partial charge in [0.05, 0.1) is 24.7 Å². The number of sulfonamides is 1. The number of hydrazine groups is 1. The second-order valence-corrected chi connectivity index (χ2v) is 8.83. The van der Waals surface area contributed by atoms with Gasteiger partial charge in [0.15, 0.2) is 11.5 Å². The summed E-state index contributed by atoms with van der Waals surface area (Å²) in [7, 11) is -3.98. The summed E-state index contributed by atoms with van der Waals surface area (Å²) in [6, 6.07) is 10.9. The highest BCUT2D eigenvalue weighted by molar-refractivity contribution is 7.89. The maximum atomic E-state index is 12.5. The summed E-state index contributed by atoms with van der Waals surface area (Å²) in [5.41, 5.74) is 2.53. The number of rotatable bonds is 10. The highest BCUT2D eigenvalue weighted by Gasteiger charge is 2.20. The third-order valence-corrected chi connectivity index (χ3v) is 5.96. The molecule has 0 fully saturated rings. The van der Waals surface area contributed by atoms with Crippen LogP contribution in [0.1, 0.15) is 49.4 Å². The van der Waals surface area contributed by atoms with Crippen molar-refractivity contribution >= 4 is 15.9 Å². The molecule has 0 unspecified atom stereocenters. The van der Waals surface area contributed by atoms with E-state index in [1.807, 2.05) is 0 Å². The lowest BCUT2D eigenvalue weighted by atomic mass is 10.2. The first-order valence-electron chi connectivity index (χ1n) is 10.4. The van der Waals surface area contributed by atoms with E-state index in [2.05, 4.69) is 17.2 Å². The Hall–Kier alpha value is -2.78. The van der Waals surface area contributed by atoms with Crippen LogP contribution in [-0.4, -0.2) is 34.1 Å². The van der Waals surface area contributed by atoms with Crippen molar-refractivity contribution < 1.29 is 27.4 Å². The average molecular weight is 449 g/mol. The molecule has 3 rings (SSSR count). The summed E-state index contributed by atoms with van der Waals surface area (Å²) in [5.74, 6) is 0.943. The van der Waals surface area contributed by atoms with Gasteiger partial charge in [0.25, 0.3) is 15.9 Å². The molecule has 0 radical (unpaired) electrons. The number of nitrogens with one attached hydrogen (secondary N) is 2. The quantitative estimate of drug-likeness (QED) is 0.426. The Balaban J connectivity index is 1.54. The van der Waals surface area contributed by atoms with Crippen LogP contribution in [0.5, 0.6) is 17.2 Å². The van der Waals surface area contributed by atoms with E-state index in [0.29, 0.717) is 49.1 Å². The highest BCUT2D eigenvalue weighted by atomic mass is 32.2. The van der Waals surface area contributed by atoms with Crippen LogP contribution in [-0.2, 0) is 10.0 Å². The molecule has 1 aliphatic rings. The zero-order chi connectivity index (χ0) is 22.1. The Kier molecular flexibility index (Phi) is 8.13. The van der Waals surface area contributed by atoms with Gasteiger partial charge in [0, 0.05) is 18.1 Å². The standard InChI is InChI=1S/C22H28N2O6S/c1-2-3-4-5-13-28-18-9-7-17(8-10-18)22(25)23-24-31(26,27)19-11-12-20-21(16-19)30-15-6-14-29-20/h7-12,16,24H,2-6,13-15H2,1H3,(H,23,25). The lowest BCUT2D eigenvalue weighted by Crippen LogP contribution is -2.41. The number of ether oxygens (including phenoxy) is 3. The van der Waals surface area contributed by atoms with Gasteiger partial charge in [-0.3, -0.25) is 10.2 Å². The van der Waals surface area contributed by atoms with Gasteiger partial charge in [-0.05, 0) is 42.8 Å². The van der Waals surface area contributed by atoms with Crippen molar-refractivity contribution in [2.45, 2.75) is 43.9 Å². The molecule has 0 atom stereocenters. The van der Waals surface area contributed by atoms with Crippen LogP contribution in [0.15, 0.2) is 47.4 Å². The summed E-state index contributed by atoms with van der Waals surface area (Å²) in [4.78, 5) is 14.4. The van der Waals surface area contributed by atoms with Crippen LogP contribution >= 0.6 is 0 Å². The van der Waals surface area contributed by atoms with Gasteiger partial charge in [-0.15, -0.1) is 4.83 Å². The van der Waals surface area contributed by atoms with E-state index in [4.69, 9.17) is 14.2 Å². The maximum Gasteiger partial charge on any atom is 0.266 e. The van der Waals surface area contributed by atoms with E-state index in [1.165, 1.54) is 31.0 Å². The number of unbranched alkanes of at least 4 members (excludes halogenated alkanes) is 3. The molecule has 8 nitrogen and oxygen atoms in total.